The van der Waals surface area contributed by atoms with E-state index in [1.807, 2.05) is 28.8 Å². The highest BCUT2D eigenvalue weighted by Gasteiger charge is 2.21. The van der Waals surface area contributed by atoms with E-state index in [1.54, 1.807) is 7.11 Å². The van der Waals surface area contributed by atoms with Crippen molar-refractivity contribution in [1.29, 1.82) is 0 Å². The van der Waals surface area contributed by atoms with Crippen LogP contribution >= 0.6 is 11.3 Å². The Morgan fingerprint density at radius 3 is 2.91 bits per heavy atom. The summed E-state index contributed by atoms with van der Waals surface area (Å²) in [5.41, 5.74) is 0.982. The molecule has 2 aromatic rings. The molecule has 0 atom stereocenters. The lowest BCUT2D eigenvalue weighted by atomic mass is 9.89. The number of fused-ring (bicyclic) bond motifs is 1. The highest BCUT2D eigenvalue weighted by molar-refractivity contribution is 7.16. The van der Waals surface area contributed by atoms with E-state index in [4.69, 9.17) is 4.74 Å². The number of hydrogen-bond donors (Lipinski definition) is 0. The lowest BCUT2D eigenvalue weighted by Gasteiger charge is -2.17. The fourth-order valence-corrected chi connectivity index (χ4v) is 4.24. The third-order valence-corrected chi connectivity index (χ3v) is 5.40. The molecule has 122 valence electrons. The predicted molar refractivity (Wildman–Crippen MR) is 93.7 cm³/mol. The van der Waals surface area contributed by atoms with Crippen molar-refractivity contribution >= 4 is 27.5 Å². The fourth-order valence-electron chi connectivity index (χ4n) is 3.18. The van der Waals surface area contributed by atoms with Crippen LogP contribution in [0.15, 0.2) is 35.8 Å². The van der Waals surface area contributed by atoms with Gasteiger partial charge in [0.1, 0.15) is 11.3 Å². The molecule has 1 aromatic heterocycles. The van der Waals surface area contributed by atoms with Crippen LogP contribution < -0.4 is 9.54 Å². The van der Waals surface area contributed by atoms with E-state index in [0.717, 1.165) is 46.5 Å². The monoisotopic (exact) mass is 330 g/mol. The van der Waals surface area contributed by atoms with Crippen molar-refractivity contribution in [3.63, 3.8) is 0 Å². The van der Waals surface area contributed by atoms with Crippen LogP contribution in [0.25, 0.3) is 10.2 Å². The molecular weight excluding hydrogens is 308 g/mol. The second-order valence-electron chi connectivity index (χ2n) is 5.88. The van der Waals surface area contributed by atoms with Gasteiger partial charge in [0, 0.05) is 12.5 Å². The third kappa shape index (κ3) is 3.24. The minimum Gasteiger partial charge on any atom is -0.495 e. The van der Waals surface area contributed by atoms with Gasteiger partial charge in [-0.15, -0.1) is 6.58 Å². The maximum absolute atomic E-state index is 12.5. The van der Waals surface area contributed by atoms with E-state index in [-0.39, 0.29) is 11.8 Å². The van der Waals surface area contributed by atoms with Gasteiger partial charge in [-0.2, -0.15) is 4.99 Å². The number of carbonyl (C=O) groups excluding carboxylic acids is 1. The second-order valence-corrected chi connectivity index (χ2v) is 6.89. The molecule has 0 saturated heterocycles. The van der Waals surface area contributed by atoms with Crippen molar-refractivity contribution in [3.8, 4) is 5.75 Å². The second kappa shape index (κ2) is 7.13. The lowest BCUT2D eigenvalue weighted by Crippen LogP contribution is -2.21. The summed E-state index contributed by atoms with van der Waals surface area (Å²) in [5, 5.41) is 0. The molecule has 1 aromatic carbocycles. The third-order valence-electron chi connectivity index (χ3n) is 4.36. The number of rotatable bonds is 4. The first-order chi connectivity index (χ1) is 11.2. The van der Waals surface area contributed by atoms with Gasteiger partial charge < -0.3 is 9.30 Å². The molecule has 0 aliphatic heterocycles. The predicted octanol–water partition coefficient (Wildman–Crippen LogP) is 3.91. The van der Waals surface area contributed by atoms with Gasteiger partial charge in [-0.1, -0.05) is 42.7 Å². The Bertz CT molecular complexity index is 782. The smallest absolute Gasteiger partial charge is 0.251 e. The number of para-hydroxylation sites is 1. The first-order valence-electron chi connectivity index (χ1n) is 8.10. The van der Waals surface area contributed by atoms with E-state index in [2.05, 4.69) is 11.6 Å². The van der Waals surface area contributed by atoms with Gasteiger partial charge in [0.15, 0.2) is 4.80 Å². The highest BCUT2D eigenvalue weighted by atomic mass is 32.1. The number of hydrogen-bond acceptors (Lipinski definition) is 3. The summed E-state index contributed by atoms with van der Waals surface area (Å²) >= 11 is 1.53. The molecule has 1 heterocycles. The zero-order valence-corrected chi connectivity index (χ0v) is 14.3. The standard InChI is InChI=1S/C18H22N2O2S/c1-3-12-20-16-14(22-2)10-7-11-15(16)23-18(20)19-17(21)13-8-5-4-6-9-13/h3,7,10-11,13H,1,4-6,8-9,12H2,2H3. The maximum Gasteiger partial charge on any atom is 0.251 e. The van der Waals surface area contributed by atoms with Crippen molar-refractivity contribution < 1.29 is 9.53 Å². The molecule has 4 nitrogen and oxygen atoms in total. The molecule has 1 amide bonds. The first kappa shape index (κ1) is 16.0. The van der Waals surface area contributed by atoms with Gasteiger partial charge in [0.05, 0.1) is 11.8 Å². The normalized spacial score (nSPS) is 16.7. The van der Waals surface area contributed by atoms with E-state index < -0.39 is 0 Å². The molecule has 23 heavy (non-hydrogen) atoms. The SMILES string of the molecule is C=CCn1c(=NC(=O)C2CCCCC2)sc2cccc(OC)c21. The Hall–Kier alpha value is -1.88. The van der Waals surface area contributed by atoms with Gasteiger partial charge in [-0.05, 0) is 25.0 Å². The molecular formula is C18H22N2O2S. The first-order valence-corrected chi connectivity index (χ1v) is 8.92. The highest BCUT2D eigenvalue weighted by Crippen LogP contribution is 2.28. The molecule has 0 spiro atoms. The summed E-state index contributed by atoms with van der Waals surface area (Å²) in [6, 6.07) is 5.93. The molecule has 1 fully saturated rings. The number of carbonyl (C=O) groups is 1. The summed E-state index contributed by atoms with van der Waals surface area (Å²) in [6.45, 7) is 4.43. The number of aromatic nitrogens is 1. The van der Waals surface area contributed by atoms with Gasteiger partial charge >= 0.3 is 0 Å². The van der Waals surface area contributed by atoms with E-state index in [0.29, 0.717) is 6.54 Å². The molecule has 3 rings (SSSR count). The Morgan fingerprint density at radius 1 is 1.43 bits per heavy atom. The fraction of sp³-hybridized carbons (Fsp3) is 0.444. The molecule has 5 heteroatoms. The zero-order chi connectivity index (χ0) is 16.2. The average Bonchev–Trinajstić information content (AvgIpc) is 2.93. The molecule has 1 saturated carbocycles. The van der Waals surface area contributed by atoms with Crippen molar-refractivity contribution in [2.24, 2.45) is 10.9 Å². The Kier molecular flexibility index (Phi) is 4.96. The average molecular weight is 330 g/mol. The molecule has 1 aliphatic carbocycles. The van der Waals surface area contributed by atoms with Gasteiger partial charge in [0.2, 0.25) is 0 Å². The largest absolute Gasteiger partial charge is 0.495 e. The topological polar surface area (TPSA) is 43.6 Å². The molecule has 0 radical (unpaired) electrons. The van der Waals surface area contributed by atoms with Crippen LogP contribution in [0.2, 0.25) is 0 Å². The van der Waals surface area contributed by atoms with Crippen LogP contribution in [0.4, 0.5) is 0 Å². The quantitative estimate of drug-likeness (QED) is 0.798. The van der Waals surface area contributed by atoms with Crippen LogP contribution in [0.1, 0.15) is 32.1 Å². The van der Waals surface area contributed by atoms with Crippen molar-refractivity contribution in [2.75, 3.05) is 7.11 Å². The Morgan fingerprint density at radius 2 is 2.22 bits per heavy atom. The van der Waals surface area contributed by atoms with E-state index >= 15 is 0 Å². The maximum atomic E-state index is 12.5. The summed E-state index contributed by atoms with van der Waals surface area (Å²) in [5.74, 6) is 0.910. The zero-order valence-electron chi connectivity index (χ0n) is 13.5. The van der Waals surface area contributed by atoms with Crippen LogP contribution in [0.5, 0.6) is 5.75 Å². The van der Waals surface area contributed by atoms with Gasteiger partial charge in [0.25, 0.3) is 5.91 Å². The number of allylic oxidation sites excluding steroid dienone is 1. The number of nitrogens with zero attached hydrogens (tertiary/aromatic N) is 2. The molecule has 0 N–H and O–H groups in total. The van der Waals surface area contributed by atoms with Crippen molar-refractivity contribution in [1.82, 2.24) is 4.57 Å². The Labute approximate surface area is 140 Å². The minimum absolute atomic E-state index is 0.0213. The summed E-state index contributed by atoms with van der Waals surface area (Å²) < 4.78 is 8.57. The van der Waals surface area contributed by atoms with E-state index in [9.17, 15) is 4.79 Å². The summed E-state index contributed by atoms with van der Waals surface area (Å²) in [6.07, 6.45) is 7.27. The van der Waals surface area contributed by atoms with Crippen LogP contribution in [0.3, 0.4) is 0 Å². The molecule has 1 aliphatic rings. The summed E-state index contributed by atoms with van der Waals surface area (Å²) in [7, 11) is 1.66. The number of methoxy groups -OCH3 is 1. The number of amides is 1. The van der Waals surface area contributed by atoms with Gasteiger partial charge in [-0.3, -0.25) is 4.79 Å². The molecule has 0 bridgehead atoms. The number of thiazole rings is 1. The van der Waals surface area contributed by atoms with Crippen molar-refractivity contribution in [3.05, 3.63) is 35.7 Å². The van der Waals surface area contributed by atoms with Crippen molar-refractivity contribution in [2.45, 2.75) is 38.6 Å². The Balaban J connectivity index is 2.08. The van der Waals surface area contributed by atoms with Crippen LogP contribution in [0, 0.1) is 5.92 Å². The number of benzene rings is 1. The number of ether oxygens (including phenoxy) is 1. The van der Waals surface area contributed by atoms with E-state index in [1.165, 1.54) is 17.8 Å². The van der Waals surface area contributed by atoms with Crippen LogP contribution in [-0.4, -0.2) is 17.6 Å². The molecule has 0 unspecified atom stereocenters. The summed E-state index contributed by atoms with van der Waals surface area (Å²) in [4.78, 5) is 17.7. The van der Waals surface area contributed by atoms with Gasteiger partial charge in [-0.25, -0.2) is 0 Å². The lowest BCUT2D eigenvalue weighted by molar-refractivity contribution is -0.122. The minimum atomic E-state index is 0.0213. The van der Waals surface area contributed by atoms with Crippen LogP contribution in [-0.2, 0) is 11.3 Å².